The predicted octanol–water partition coefficient (Wildman–Crippen LogP) is 4.48. The van der Waals surface area contributed by atoms with E-state index in [-0.39, 0.29) is 11.2 Å². The molecule has 24 heavy (non-hydrogen) atoms. The molecule has 0 amide bonds. The van der Waals surface area contributed by atoms with Gasteiger partial charge in [0.2, 0.25) is 0 Å². The zero-order chi connectivity index (χ0) is 17.3. The molecule has 4 heteroatoms. The van der Waals surface area contributed by atoms with E-state index in [0.29, 0.717) is 16.7 Å². The van der Waals surface area contributed by atoms with Crippen LogP contribution in [0.3, 0.4) is 0 Å². The van der Waals surface area contributed by atoms with E-state index >= 15 is 0 Å². The van der Waals surface area contributed by atoms with Crippen LogP contribution < -0.4 is 0 Å². The molecule has 0 atom stereocenters. The second-order valence-corrected chi connectivity index (χ2v) is 7.73. The van der Waals surface area contributed by atoms with E-state index in [0.717, 1.165) is 12.2 Å². The Morgan fingerprint density at radius 3 is 2.29 bits per heavy atom. The summed E-state index contributed by atoms with van der Waals surface area (Å²) >= 11 is 1.85. The van der Waals surface area contributed by atoms with Gasteiger partial charge in [-0.15, -0.1) is 11.8 Å². The third-order valence-corrected chi connectivity index (χ3v) is 5.60. The Balaban J connectivity index is 1.92. The summed E-state index contributed by atoms with van der Waals surface area (Å²) < 4.78 is 4.68. The highest BCUT2D eigenvalue weighted by atomic mass is 32.2. The molecule has 0 aromatic heterocycles. The topological polar surface area (TPSA) is 43.4 Å². The summed E-state index contributed by atoms with van der Waals surface area (Å²) in [5, 5.41) is 0. The number of hydrogen-bond donors (Lipinski definition) is 0. The van der Waals surface area contributed by atoms with Crippen molar-refractivity contribution in [2.24, 2.45) is 0 Å². The lowest BCUT2D eigenvalue weighted by molar-refractivity contribution is 0.0600. The Bertz CT molecular complexity index is 791. The number of carbonyl (C=O) groups is 2. The molecule has 0 N–H and O–H groups in total. The Morgan fingerprint density at radius 2 is 1.62 bits per heavy atom. The van der Waals surface area contributed by atoms with Crippen molar-refractivity contribution in [2.45, 2.75) is 30.6 Å². The zero-order valence-electron chi connectivity index (χ0n) is 14.1. The van der Waals surface area contributed by atoms with E-state index in [2.05, 4.69) is 24.7 Å². The number of methoxy groups -OCH3 is 1. The smallest absolute Gasteiger partial charge is 0.337 e. The Kier molecular flexibility index (Phi) is 4.50. The summed E-state index contributed by atoms with van der Waals surface area (Å²) in [5.74, 6) is 0.685. The summed E-state index contributed by atoms with van der Waals surface area (Å²) in [6.45, 7) is 4.45. The number of ether oxygens (including phenoxy) is 1. The van der Waals surface area contributed by atoms with Crippen molar-refractivity contribution in [3.63, 3.8) is 0 Å². The van der Waals surface area contributed by atoms with Gasteiger partial charge in [0, 0.05) is 16.0 Å². The molecule has 3 nitrogen and oxygen atoms in total. The Hall–Kier alpha value is -2.07. The fourth-order valence-electron chi connectivity index (χ4n) is 2.92. The number of benzene rings is 2. The highest BCUT2D eigenvalue weighted by Gasteiger charge is 2.28. The SMILES string of the molecule is COC(=O)c1ccc(C(=O)c2ccc3c(c2)C(C)(C)CCS3)cc1. The molecular weight excluding hydrogens is 320 g/mol. The molecule has 0 fully saturated rings. The maximum atomic E-state index is 12.8. The van der Waals surface area contributed by atoms with Gasteiger partial charge in [-0.3, -0.25) is 4.79 Å². The summed E-state index contributed by atoms with van der Waals surface area (Å²) in [4.78, 5) is 25.5. The van der Waals surface area contributed by atoms with Gasteiger partial charge >= 0.3 is 5.97 Å². The van der Waals surface area contributed by atoms with Crippen LogP contribution in [0.1, 0.15) is 52.1 Å². The molecule has 2 aromatic carbocycles. The Labute approximate surface area is 146 Å². The van der Waals surface area contributed by atoms with Crippen molar-refractivity contribution < 1.29 is 14.3 Å². The first-order valence-electron chi connectivity index (χ1n) is 7.93. The van der Waals surface area contributed by atoms with Crippen LogP contribution in [-0.2, 0) is 10.2 Å². The van der Waals surface area contributed by atoms with Gasteiger partial charge in [-0.25, -0.2) is 4.79 Å². The lowest BCUT2D eigenvalue weighted by Crippen LogP contribution is -2.23. The van der Waals surface area contributed by atoms with Gasteiger partial charge < -0.3 is 4.74 Å². The third kappa shape index (κ3) is 3.11. The second kappa shape index (κ2) is 6.44. The van der Waals surface area contributed by atoms with E-state index in [1.165, 1.54) is 17.6 Å². The number of esters is 1. The second-order valence-electron chi connectivity index (χ2n) is 6.59. The summed E-state index contributed by atoms with van der Waals surface area (Å²) in [5.41, 5.74) is 3.04. The van der Waals surface area contributed by atoms with Gasteiger partial charge in [-0.1, -0.05) is 26.0 Å². The van der Waals surface area contributed by atoms with Crippen LogP contribution in [0.25, 0.3) is 0 Å². The van der Waals surface area contributed by atoms with Gasteiger partial charge in [0.1, 0.15) is 0 Å². The van der Waals surface area contributed by atoms with Gasteiger partial charge in [0.15, 0.2) is 5.78 Å². The van der Waals surface area contributed by atoms with Crippen molar-refractivity contribution >= 4 is 23.5 Å². The molecule has 0 unspecified atom stereocenters. The normalized spacial score (nSPS) is 15.5. The van der Waals surface area contributed by atoms with E-state index < -0.39 is 5.97 Å². The molecule has 1 heterocycles. The lowest BCUT2D eigenvalue weighted by atomic mass is 9.80. The van der Waals surface area contributed by atoms with Crippen LogP contribution in [0, 0.1) is 0 Å². The molecule has 124 valence electrons. The number of ketones is 1. The van der Waals surface area contributed by atoms with E-state index in [1.54, 1.807) is 24.3 Å². The van der Waals surface area contributed by atoms with Crippen molar-refractivity contribution in [3.8, 4) is 0 Å². The number of fused-ring (bicyclic) bond motifs is 1. The first-order chi connectivity index (χ1) is 11.4. The number of hydrogen-bond acceptors (Lipinski definition) is 4. The van der Waals surface area contributed by atoms with Crippen LogP contribution >= 0.6 is 11.8 Å². The molecule has 1 aliphatic heterocycles. The van der Waals surface area contributed by atoms with Crippen molar-refractivity contribution in [2.75, 3.05) is 12.9 Å². The average Bonchev–Trinajstić information content (AvgIpc) is 2.60. The van der Waals surface area contributed by atoms with Crippen LogP contribution in [-0.4, -0.2) is 24.6 Å². The molecular formula is C20H20O3S. The molecule has 0 saturated carbocycles. The molecule has 0 saturated heterocycles. The number of rotatable bonds is 3. The molecule has 1 aliphatic rings. The quantitative estimate of drug-likeness (QED) is 0.610. The standard InChI is InChI=1S/C20H20O3S/c1-20(2)10-11-24-17-9-8-15(12-16(17)20)18(21)13-4-6-14(7-5-13)19(22)23-3/h4-9,12H,10-11H2,1-3H3. The number of thioether (sulfide) groups is 1. The van der Waals surface area contributed by atoms with Gasteiger partial charge in [-0.2, -0.15) is 0 Å². The van der Waals surface area contributed by atoms with Crippen LogP contribution in [0.15, 0.2) is 47.4 Å². The molecule has 2 aromatic rings. The van der Waals surface area contributed by atoms with Crippen molar-refractivity contribution in [1.82, 2.24) is 0 Å². The highest BCUT2D eigenvalue weighted by molar-refractivity contribution is 7.99. The van der Waals surface area contributed by atoms with Crippen molar-refractivity contribution in [3.05, 3.63) is 64.7 Å². The average molecular weight is 340 g/mol. The van der Waals surface area contributed by atoms with Crippen LogP contribution in [0.5, 0.6) is 0 Å². The van der Waals surface area contributed by atoms with Crippen LogP contribution in [0.2, 0.25) is 0 Å². The van der Waals surface area contributed by atoms with Crippen molar-refractivity contribution in [1.29, 1.82) is 0 Å². The minimum Gasteiger partial charge on any atom is -0.465 e. The largest absolute Gasteiger partial charge is 0.465 e. The zero-order valence-corrected chi connectivity index (χ0v) is 14.9. The molecule has 0 aliphatic carbocycles. The van der Waals surface area contributed by atoms with E-state index in [1.807, 2.05) is 23.9 Å². The maximum absolute atomic E-state index is 12.8. The monoisotopic (exact) mass is 340 g/mol. The molecule has 0 bridgehead atoms. The molecule has 0 radical (unpaired) electrons. The van der Waals surface area contributed by atoms with Gasteiger partial charge in [0.25, 0.3) is 0 Å². The van der Waals surface area contributed by atoms with Gasteiger partial charge in [0.05, 0.1) is 12.7 Å². The van der Waals surface area contributed by atoms with E-state index in [4.69, 9.17) is 0 Å². The fourth-order valence-corrected chi connectivity index (χ4v) is 4.41. The summed E-state index contributed by atoms with van der Waals surface area (Å²) in [6.07, 6.45) is 1.11. The third-order valence-electron chi connectivity index (χ3n) is 4.52. The minimum absolute atomic E-state index is 0.0272. The lowest BCUT2D eigenvalue weighted by Gasteiger charge is -2.32. The number of carbonyl (C=O) groups excluding carboxylic acids is 2. The highest BCUT2D eigenvalue weighted by Crippen LogP contribution is 2.41. The summed E-state index contributed by atoms with van der Waals surface area (Å²) in [6, 6.07) is 12.6. The molecule has 3 rings (SSSR count). The first-order valence-corrected chi connectivity index (χ1v) is 8.91. The summed E-state index contributed by atoms with van der Waals surface area (Å²) in [7, 11) is 1.34. The fraction of sp³-hybridized carbons (Fsp3) is 0.300. The maximum Gasteiger partial charge on any atom is 0.337 e. The minimum atomic E-state index is -0.401. The predicted molar refractivity (Wildman–Crippen MR) is 96.0 cm³/mol. The van der Waals surface area contributed by atoms with E-state index in [9.17, 15) is 9.59 Å². The van der Waals surface area contributed by atoms with Gasteiger partial charge in [-0.05, 0) is 53.5 Å². The first kappa shape index (κ1) is 16.8. The Morgan fingerprint density at radius 1 is 1.00 bits per heavy atom. The van der Waals surface area contributed by atoms with Crippen LogP contribution in [0.4, 0.5) is 0 Å². The molecule has 0 spiro atoms.